The molecule has 0 saturated carbocycles. The molecule has 17 heavy (non-hydrogen) atoms. The summed E-state index contributed by atoms with van der Waals surface area (Å²) in [5.41, 5.74) is 1.13. The van der Waals surface area contributed by atoms with Crippen molar-refractivity contribution in [1.29, 1.82) is 0 Å². The Morgan fingerprint density at radius 3 is 2.88 bits per heavy atom. The molecule has 0 radical (unpaired) electrons. The van der Waals surface area contributed by atoms with Crippen LogP contribution >= 0.6 is 27.3 Å². The summed E-state index contributed by atoms with van der Waals surface area (Å²) in [5, 5.41) is 3.38. The molecule has 0 bridgehead atoms. The highest BCUT2D eigenvalue weighted by Gasteiger charge is 2.28. The minimum Gasteiger partial charge on any atom is -0.332 e. The van der Waals surface area contributed by atoms with Crippen LogP contribution in [0.3, 0.4) is 0 Å². The Bertz CT molecular complexity index is 413. The average Bonchev–Trinajstić information content (AvgIpc) is 2.62. The number of nitrogens with zero attached hydrogens (tertiary/aromatic N) is 1. The van der Waals surface area contributed by atoms with Gasteiger partial charge in [-0.3, -0.25) is 4.79 Å². The first-order chi connectivity index (χ1) is 7.99. The maximum absolute atomic E-state index is 12.4. The first-order valence-corrected chi connectivity index (χ1v) is 7.40. The largest absolute Gasteiger partial charge is 0.332 e. The number of carbonyl (C=O) groups is 1. The van der Waals surface area contributed by atoms with E-state index in [0.717, 1.165) is 27.3 Å². The molecule has 1 fully saturated rings. The molecule has 1 aromatic heterocycles. The summed E-state index contributed by atoms with van der Waals surface area (Å²) in [7, 11) is 0. The molecule has 2 unspecified atom stereocenters. The minimum atomic E-state index is 0.157. The first-order valence-electron chi connectivity index (χ1n) is 5.79. The van der Waals surface area contributed by atoms with Crippen LogP contribution in [0.15, 0.2) is 9.85 Å². The van der Waals surface area contributed by atoms with Gasteiger partial charge in [-0.25, -0.2) is 0 Å². The lowest BCUT2D eigenvalue weighted by molar-refractivity contribution is 0.0621. The summed E-state index contributed by atoms with van der Waals surface area (Å²) in [4.78, 5) is 15.2. The standard InChI is InChI=1S/C12H17BrN2OS/c1-7-4-10(17-11(7)13)12(16)15-6-8(2)14-5-9(15)3/h4,8-9,14H,5-6H2,1-3H3. The molecule has 1 aliphatic rings. The number of thiophene rings is 1. The molecule has 2 heterocycles. The lowest BCUT2D eigenvalue weighted by atomic mass is 10.1. The van der Waals surface area contributed by atoms with Gasteiger partial charge in [0.25, 0.3) is 5.91 Å². The number of rotatable bonds is 1. The Morgan fingerprint density at radius 1 is 1.59 bits per heavy atom. The SMILES string of the molecule is Cc1cc(C(=O)N2CC(C)NCC2C)sc1Br. The second kappa shape index (κ2) is 5.08. The van der Waals surface area contributed by atoms with E-state index in [4.69, 9.17) is 0 Å². The summed E-state index contributed by atoms with van der Waals surface area (Å²) in [5.74, 6) is 0.157. The van der Waals surface area contributed by atoms with Crippen molar-refractivity contribution in [3.05, 3.63) is 20.3 Å². The Morgan fingerprint density at radius 2 is 2.29 bits per heavy atom. The molecular weight excluding hydrogens is 300 g/mol. The second-order valence-corrected chi connectivity index (χ2v) is 7.05. The molecular formula is C12H17BrN2OS. The van der Waals surface area contributed by atoms with E-state index in [1.807, 2.05) is 17.9 Å². The Balaban J connectivity index is 2.18. The number of piperazine rings is 1. The molecule has 0 spiro atoms. The number of hydrogen-bond donors (Lipinski definition) is 1. The lowest BCUT2D eigenvalue weighted by Crippen LogP contribution is -2.56. The van der Waals surface area contributed by atoms with Crippen molar-refractivity contribution in [3.63, 3.8) is 0 Å². The van der Waals surface area contributed by atoms with Gasteiger partial charge in [-0.15, -0.1) is 11.3 Å². The van der Waals surface area contributed by atoms with Crippen LogP contribution in [0.25, 0.3) is 0 Å². The topological polar surface area (TPSA) is 32.3 Å². The van der Waals surface area contributed by atoms with Crippen LogP contribution in [0.4, 0.5) is 0 Å². The van der Waals surface area contributed by atoms with Gasteiger partial charge < -0.3 is 10.2 Å². The first kappa shape index (κ1) is 13.1. The number of amides is 1. The fraction of sp³-hybridized carbons (Fsp3) is 0.583. The fourth-order valence-corrected chi connectivity index (χ4v) is 3.50. The monoisotopic (exact) mass is 316 g/mol. The number of nitrogens with one attached hydrogen (secondary N) is 1. The van der Waals surface area contributed by atoms with E-state index in [0.29, 0.717) is 6.04 Å². The van der Waals surface area contributed by atoms with Crippen molar-refractivity contribution in [2.24, 2.45) is 0 Å². The van der Waals surface area contributed by atoms with Crippen LogP contribution in [0.1, 0.15) is 29.1 Å². The highest BCUT2D eigenvalue weighted by atomic mass is 79.9. The third-order valence-electron chi connectivity index (χ3n) is 3.09. The van der Waals surface area contributed by atoms with Gasteiger partial charge in [-0.1, -0.05) is 0 Å². The molecule has 5 heteroatoms. The summed E-state index contributed by atoms with van der Waals surface area (Å²) >= 11 is 5.00. The molecule has 1 amide bonds. The average molecular weight is 317 g/mol. The molecule has 0 aliphatic carbocycles. The number of aryl methyl sites for hydroxylation is 1. The molecule has 94 valence electrons. The van der Waals surface area contributed by atoms with Crippen LogP contribution in [0.2, 0.25) is 0 Å². The van der Waals surface area contributed by atoms with Gasteiger partial charge in [0.1, 0.15) is 0 Å². The van der Waals surface area contributed by atoms with Gasteiger partial charge in [0.2, 0.25) is 0 Å². The van der Waals surface area contributed by atoms with Gasteiger partial charge in [0.05, 0.1) is 8.66 Å². The van der Waals surface area contributed by atoms with Crippen LogP contribution in [0, 0.1) is 6.92 Å². The Kier molecular flexibility index (Phi) is 3.90. The van der Waals surface area contributed by atoms with Crippen molar-refractivity contribution in [2.45, 2.75) is 32.9 Å². The number of carbonyl (C=O) groups excluding carboxylic acids is 1. The Labute approximate surface area is 114 Å². The normalized spacial score (nSPS) is 25.1. The summed E-state index contributed by atoms with van der Waals surface area (Å²) in [6.45, 7) is 7.88. The fourth-order valence-electron chi connectivity index (χ4n) is 2.01. The van der Waals surface area contributed by atoms with E-state index in [-0.39, 0.29) is 11.9 Å². The maximum atomic E-state index is 12.4. The molecule has 3 nitrogen and oxygen atoms in total. The van der Waals surface area contributed by atoms with Gasteiger partial charge >= 0.3 is 0 Å². The third-order valence-corrected chi connectivity index (χ3v) is 5.22. The van der Waals surface area contributed by atoms with Gasteiger partial charge in [-0.05, 0) is 48.3 Å². The second-order valence-electron chi connectivity index (χ2n) is 4.68. The van der Waals surface area contributed by atoms with Crippen LogP contribution in [-0.2, 0) is 0 Å². The zero-order chi connectivity index (χ0) is 12.6. The molecule has 2 rings (SSSR count). The quantitative estimate of drug-likeness (QED) is 0.864. The van der Waals surface area contributed by atoms with Crippen molar-refractivity contribution in [3.8, 4) is 0 Å². The maximum Gasteiger partial charge on any atom is 0.264 e. The van der Waals surface area contributed by atoms with Crippen molar-refractivity contribution < 1.29 is 4.79 Å². The molecule has 1 N–H and O–H groups in total. The van der Waals surface area contributed by atoms with E-state index >= 15 is 0 Å². The summed E-state index contributed by atoms with van der Waals surface area (Å²) < 4.78 is 1.05. The summed E-state index contributed by atoms with van der Waals surface area (Å²) in [6.07, 6.45) is 0. The Hall–Kier alpha value is -0.390. The minimum absolute atomic E-state index is 0.157. The molecule has 0 aromatic carbocycles. The predicted octanol–water partition coefficient (Wildman–Crippen LogP) is 2.64. The number of halogens is 1. The molecule has 1 aromatic rings. The number of hydrogen-bond acceptors (Lipinski definition) is 3. The third kappa shape index (κ3) is 2.72. The van der Waals surface area contributed by atoms with Gasteiger partial charge in [0.15, 0.2) is 0 Å². The summed E-state index contributed by atoms with van der Waals surface area (Å²) in [6, 6.07) is 2.61. The molecule has 2 atom stereocenters. The van der Waals surface area contributed by atoms with Crippen molar-refractivity contribution in [1.82, 2.24) is 10.2 Å². The highest BCUT2D eigenvalue weighted by molar-refractivity contribution is 9.11. The van der Waals surface area contributed by atoms with Crippen LogP contribution in [-0.4, -0.2) is 36.0 Å². The zero-order valence-electron chi connectivity index (χ0n) is 10.3. The zero-order valence-corrected chi connectivity index (χ0v) is 12.7. The van der Waals surface area contributed by atoms with Gasteiger partial charge in [-0.2, -0.15) is 0 Å². The molecule has 1 aliphatic heterocycles. The van der Waals surface area contributed by atoms with Crippen molar-refractivity contribution >= 4 is 33.2 Å². The van der Waals surface area contributed by atoms with Crippen LogP contribution < -0.4 is 5.32 Å². The van der Waals surface area contributed by atoms with Crippen LogP contribution in [0.5, 0.6) is 0 Å². The predicted molar refractivity (Wildman–Crippen MR) is 74.7 cm³/mol. The van der Waals surface area contributed by atoms with E-state index in [9.17, 15) is 4.79 Å². The highest BCUT2D eigenvalue weighted by Crippen LogP contribution is 2.28. The van der Waals surface area contributed by atoms with E-state index in [1.165, 1.54) is 11.3 Å². The molecule has 1 saturated heterocycles. The van der Waals surface area contributed by atoms with Crippen molar-refractivity contribution in [2.75, 3.05) is 13.1 Å². The van der Waals surface area contributed by atoms with E-state index < -0.39 is 0 Å². The lowest BCUT2D eigenvalue weighted by Gasteiger charge is -2.37. The van der Waals surface area contributed by atoms with E-state index in [2.05, 4.69) is 35.1 Å². The van der Waals surface area contributed by atoms with E-state index in [1.54, 1.807) is 0 Å². The smallest absolute Gasteiger partial charge is 0.264 e. The van der Waals surface area contributed by atoms with Gasteiger partial charge in [0, 0.05) is 25.2 Å².